The molecule has 0 spiro atoms. The molecule has 2 amide bonds. The van der Waals surface area contributed by atoms with Gasteiger partial charge in [0.05, 0.1) is 25.7 Å². The maximum absolute atomic E-state index is 12.6. The van der Waals surface area contributed by atoms with Crippen molar-refractivity contribution in [2.24, 2.45) is 0 Å². The van der Waals surface area contributed by atoms with Gasteiger partial charge < -0.3 is 24.4 Å². The predicted octanol–water partition coefficient (Wildman–Crippen LogP) is 2.70. The third-order valence-corrected chi connectivity index (χ3v) is 4.39. The number of rotatable bonds is 12. The molecule has 0 saturated heterocycles. The summed E-state index contributed by atoms with van der Waals surface area (Å²) >= 11 is 0. The summed E-state index contributed by atoms with van der Waals surface area (Å²) in [6.07, 6.45) is 0.116. The molecule has 0 aromatic heterocycles. The van der Waals surface area contributed by atoms with E-state index in [2.05, 4.69) is 5.32 Å². The van der Waals surface area contributed by atoms with Crippen LogP contribution in [0.5, 0.6) is 11.5 Å². The fourth-order valence-electron chi connectivity index (χ4n) is 2.84. The molecule has 0 fully saturated rings. The van der Waals surface area contributed by atoms with Gasteiger partial charge in [0.15, 0.2) is 6.61 Å². The number of ether oxygens (including phenoxy) is 3. The molecule has 0 aliphatic heterocycles. The Hall–Kier alpha value is -4.06. The quantitative estimate of drug-likeness (QED) is 0.491. The van der Waals surface area contributed by atoms with E-state index < -0.39 is 24.4 Å². The number of carbonyl (C=O) groups is 3. The summed E-state index contributed by atoms with van der Waals surface area (Å²) in [5, 5.41) is 11.3. The topological polar surface area (TPSA) is 118 Å². The molecule has 33 heavy (non-hydrogen) atoms. The lowest BCUT2D eigenvalue weighted by atomic mass is 10.2. The molecule has 0 heterocycles. The van der Waals surface area contributed by atoms with Gasteiger partial charge >= 0.3 is 5.97 Å². The van der Waals surface area contributed by atoms with Gasteiger partial charge in [-0.2, -0.15) is 5.26 Å². The standard InChI is InChI=1S/C24H27N3O6/c1-3-31-20-10-6-18(7-11-20)24(30)26-16-23(29)33-17-22(28)27(15-5-14-25)19-8-12-21(13-9-19)32-4-2/h6-13H,3-5,15-17H2,1-2H3,(H,26,30). The number of carbonyl (C=O) groups excluding carboxylic acids is 3. The Kier molecular flexibility index (Phi) is 10.2. The minimum atomic E-state index is -0.755. The van der Waals surface area contributed by atoms with Crippen LogP contribution in [0.4, 0.5) is 5.69 Å². The summed E-state index contributed by atoms with van der Waals surface area (Å²) in [5.74, 6) is -0.398. The molecule has 0 atom stereocenters. The first kappa shape index (κ1) is 25.2. The normalized spacial score (nSPS) is 9.97. The van der Waals surface area contributed by atoms with Crippen LogP contribution in [-0.2, 0) is 14.3 Å². The first-order chi connectivity index (χ1) is 16.0. The Balaban J connectivity index is 1.87. The lowest BCUT2D eigenvalue weighted by Crippen LogP contribution is -2.37. The predicted molar refractivity (Wildman–Crippen MR) is 121 cm³/mol. The van der Waals surface area contributed by atoms with Gasteiger partial charge in [-0.15, -0.1) is 0 Å². The van der Waals surface area contributed by atoms with Crippen LogP contribution in [-0.4, -0.2) is 50.7 Å². The molecule has 0 aliphatic carbocycles. The summed E-state index contributed by atoms with van der Waals surface area (Å²) in [7, 11) is 0. The largest absolute Gasteiger partial charge is 0.494 e. The van der Waals surface area contributed by atoms with E-state index in [0.717, 1.165) is 0 Å². The Morgan fingerprint density at radius 2 is 1.52 bits per heavy atom. The number of nitrogens with one attached hydrogen (secondary N) is 1. The Bertz CT molecular complexity index is 967. The number of nitrogens with zero attached hydrogens (tertiary/aromatic N) is 2. The van der Waals surface area contributed by atoms with Gasteiger partial charge in [0, 0.05) is 17.8 Å². The van der Waals surface area contributed by atoms with Gasteiger partial charge in [-0.1, -0.05) is 0 Å². The van der Waals surface area contributed by atoms with Crippen LogP contribution in [0, 0.1) is 11.3 Å². The molecular formula is C24H27N3O6. The van der Waals surface area contributed by atoms with Gasteiger partial charge in [-0.05, 0) is 62.4 Å². The molecule has 0 radical (unpaired) electrons. The monoisotopic (exact) mass is 453 g/mol. The fraction of sp³-hybridized carbons (Fsp3) is 0.333. The highest BCUT2D eigenvalue weighted by Gasteiger charge is 2.18. The molecule has 2 rings (SSSR count). The minimum absolute atomic E-state index is 0.116. The summed E-state index contributed by atoms with van der Waals surface area (Å²) in [6, 6.07) is 15.3. The molecular weight excluding hydrogens is 426 g/mol. The van der Waals surface area contributed by atoms with Crippen molar-refractivity contribution >= 4 is 23.5 Å². The summed E-state index contributed by atoms with van der Waals surface area (Å²) in [4.78, 5) is 38.2. The molecule has 174 valence electrons. The molecule has 9 heteroatoms. The number of hydrogen-bond donors (Lipinski definition) is 1. The smallest absolute Gasteiger partial charge is 0.325 e. The van der Waals surface area contributed by atoms with Crippen molar-refractivity contribution in [3.63, 3.8) is 0 Å². The van der Waals surface area contributed by atoms with Crippen LogP contribution in [0.3, 0.4) is 0 Å². The van der Waals surface area contributed by atoms with Crippen LogP contribution in [0.1, 0.15) is 30.6 Å². The zero-order chi connectivity index (χ0) is 24.1. The first-order valence-corrected chi connectivity index (χ1v) is 10.5. The van der Waals surface area contributed by atoms with Crippen molar-refractivity contribution in [2.75, 3.05) is 37.8 Å². The maximum atomic E-state index is 12.6. The van der Waals surface area contributed by atoms with Crippen molar-refractivity contribution in [3.05, 3.63) is 54.1 Å². The second-order valence-corrected chi connectivity index (χ2v) is 6.68. The fourth-order valence-corrected chi connectivity index (χ4v) is 2.84. The van der Waals surface area contributed by atoms with Crippen molar-refractivity contribution < 1.29 is 28.6 Å². The number of hydrogen-bond acceptors (Lipinski definition) is 7. The van der Waals surface area contributed by atoms with Crippen molar-refractivity contribution in [2.45, 2.75) is 20.3 Å². The maximum Gasteiger partial charge on any atom is 0.325 e. The van der Waals surface area contributed by atoms with E-state index in [0.29, 0.717) is 36.0 Å². The second-order valence-electron chi connectivity index (χ2n) is 6.68. The molecule has 0 bridgehead atoms. The van der Waals surface area contributed by atoms with E-state index in [1.54, 1.807) is 48.5 Å². The first-order valence-electron chi connectivity index (χ1n) is 10.5. The highest BCUT2D eigenvalue weighted by atomic mass is 16.5. The molecule has 9 nitrogen and oxygen atoms in total. The van der Waals surface area contributed by atoms with E-state index >= 15 is 0 Å². The molecule has 0 saturated carbocycles. The van der Waals surface area contributed by atoms with Gasteiger partial charge in [0.25, 0.3) is 11.8 Å². The third kappa shape index (κ3) is 8.18. The molecule has 1 N–H and O–H groups in total. The van der Waals surface area contributed by atoms with Gasteiger partial charge in [-0.3, -0.25) is 14.4 Å². The minimum Gasteiger partial charge on any atom is -0.494 e. The number of amides is 2. The summed E-state index contributed by atoms with van der Waals surface area (Å²) in [5.41, 5.74) is 0.916. The van der Waals surface area contributed by atoms with Gasteiger partial charge in [0.1, 0.15) is 18.0 Å². The van der Waals surface area contributed by atoms with Gasteiger partial charge in [0.2, 0.25) is 0 Å². The molecule has 2 aromatic rings. The lowest BCUT2D eigenvalue weighted by Gasteiger charge is -2.22. The number of benzene rings is 2. The highest BCUT2D eigenvalue weighted by molar-refractivity contribution is 5.97. The van der Waals surface area contributed by atoms with E-state index in [9.17, 15) is 14.4 Å². The highest BCUT2D eigenvalue weighted by Crippen LogP contribution is 2.20. The Morgan fingerprint density at radius 1 is 0.939 bits per heavy atom. The number of esters is 1. The van der Waals surface area contributed by atoms with E-state index in [4.69, 9.17) is 19.5 Å². The van der Waals surface area contributed by atoms with Crippen molar-refractivity contribution in [1.82, 2.24) is 5.32 Å². The zero-order valence-corrected chi connectivity index (χ0v) is 18.7. The van der Waals surface area contributed by atoms with Crippen LogP contribution < -0.4 is 19.7 Å². The average molecular weight is 453 g/mol. The van der Waals surface area contributed by atoms with Gasteiger partial charge in [-0.25, -0.2) is 0 Å². The van der Waals surface area contributed by atoms with Crippen molar-refractivity contribution in [3.8, 4) is 17.6 Å². The van der Waals surface area contributed by atoms with Crippen molar-refractivity contribution in [1.29, 1.82) is 5.26 Å². The summed E-state index contributed by atoms with van der Waals surface area (Å²) in [6.45, 7) is 4.00. The molecule has 2 aromatic carbocycles. The van der Waals surface area contributed by atoms with Crippen LogP contribution >= 0.6 is 0 Å². The number of anilines is 1. The van der Waals surface area contributed by atoms with Crippen LogP contribution in [0.2, 0.25) is 0 Å². The van der Waals surface area contributed by atoms with Crippen LogP contribution in [0.15, 0.2) is 48.5 Å². The van der Waals surface area contributed by atoms with E-state index in [1.165, 1.54) is 4.90 Å². The molecule has 0 aliphatic rings. The second kappa shape index (κ2) is 13.4. The van der Waals surface area contributed by atoms with Crippen LogP contribution in [0.25, 0.3) is 0 Å². The SMILES string of the molecule is CCOc1ccc(C(=O)NCC(=O)OCC(=O)N(CCC#N)c2ccc(OCC)cc2)cc1. The third-order valence-electron chi connectivity index (χ3n) is 4.39. The number of nitriles is 1. The Labute approximate surface area is 192 Å². The molecule has 0 unspecified atom stereocenters. The lowest BCUT2D eigenvalue weighted by molar-refractivity contribution is -0.146. The average Bonchev–Trinajstić information content (AvgIpc) is 2.83. The summed E-state index contributed by atoms with van der Waals surface area (Å²) < 4.78 is 15.7. The Morgan fingerprint density at radius 3 is 2.06 bits per heavy atom. The van der Waals surface area contributed by atoms with E-state index in [-0.39, 0.29) is 19.5 Å². The van der Waals surface area contributed by atoms with E-state index in [1.807, 2.05) is 19.9 Å². The zero-order valence-electron chi connectivity index (χ0n) is 18.7.